The Bertz CT molecular complexity index is 1170. The summed E-state index contributed by atoms with van der Waals surface area (Å²) in [5.41, 5.74) is 5.08. The summed E-state index contributed by atoms with van der Waals surface area (Å²) in [6, 6.07) is 20.2. The molecule has 0 saturated carbocycles. The van der Waals surface area contributed by atoms with Gasteiger partial charge in [-0.05, 0) is 49.2 Å². The summed E-state index contributed by atoms with van der Waals surface area (Å²) >= 11 is 1.46. The Balaban J connectivity index is 1.39. The maximum atomic E-state index is 13.0. The minimum absolute atomic E-state index is 0.105. The molecule has 0 fully saturated rings. The summed E-state index contributed by atoms with van der Waals surface area (Å²) < 4.78 is 0. The van der Waals surface area contributed by atoms with Crippen molar-refractivity contribution >= 4 is 34.4 Å². The van der Waals surface area contributed by atoms with Crippen LogP contribution in [0.2, 0.25) is 0 Å². The second kappa shape index (κ2) is 7.37. The Morgan fingerprint density at radius 1 is 1.14 bits per heavy atom. The predicted molar refractivity (Wildman–Crippen MR) is 117 cm³/mol. The van der Waals surface area contributed by atoms with Gasteiger partial charge in [0.15, 0.2) is 0 Å². The van der Waals surface area contributed by atoms with Gasteiger partial charge in [-0.3, -0.25) is 4.79 Å². The molecule has 5 nitrogen and oxygen atoms in total. The van der Waals surface area contributed by atoms with Gasteiger partial charge in [0.25, 0.3) is 0 Å². The molecule has 6 heteroatoms. The largest absolute Gasteiger partial charge is 0.338 e. The molecule has 0 spiro atoms. The number of anilines is 1. The van der Waals surface area contributed by atoms with E-state index in [-0.39, 0.29) is 11.9 Å². The van der Waals surface area contributed by atoms with E-state index >= 15 is 0 Å². The third-order valence-electron chi connectivity index (χ3n) is 5.22. The predicted octanol–water partition coefficient (Wildman–Crippen LogP) is 4.69. The average molecular weight is 401 g/mol. The Kier molecular flexibility index (Phi) is 4.56. The summed E-state index contributed by atoms with van der Waals surface area (Å²) in [4.78, 5) is 27.5. The molecule has 0 bridgehead atoms. The van der Waals surface area contributed by atoms with E-state index in [0.29, 0.717) is 5.75 Å². The number of rotatable bonds is 4. The van der Waals surface area contributed by atoms with Gasteiger partial charge in [-0.25, -0.2) is 9.97 Å². The summed E-state index contributed by atoms with van der Waals surface area (Å²) in [6.45, 7) is 2.10. The number of para-hydroxylation sites is 3. The van der Waals surface area contributed by atoms with Crippen molar-refractivity contribution in [1.29, 1.82) is 0 Å². The normalized spacial score (nSPS) is 15.6. The summed E-state index contributed by atoms with van der Waals surface area (Å²) in [7, 11) is 0. The second-order valence-corrected chi connectivity index (χ2v) is 8.16. The molecule has 1 aliphatic heterocycles. The van der Waals surface area contributed by atoms with Crippen LogP contribution in [0.3, 0.4) is 0 Å². The van der Waals surface area contributed by atoms with Crippen molar-refractivity contribution in [2.45, 2.75) is 24.4 Å². The van der Waals surface area contributed by atoms with Gasteiger partial charge >= 0.3 is 0 Å². The van der Waals surface area contributed by atoms with E-state index in [2.05, 4.69) is 27.9 Å². The molecule has 2 aromatic carbocycles. The molecule has 2 aromatic heterocycles. The molecule has 3 heterocycles. The zero-order valence-corrected chi connectivity index (χ0v) is 16.8. The van der Waals surface area contributed by atoms with Gasteiger partial charge in [0, 0.05) is 23.5 Å². The van der Waals surface area contributed by atoms with Crippen LogP contribution in [0.25, 0.3) is 22.4 Å². The minimum Gasteiger partial charge on any atom is -0.338 e. The molecule has 0 unspecified atom stereocenters. The number of benzene rings is 2. The number of amides is 1. The Hall–Kier alpha value is -3.12. The van der Waals surface area contributed by atoms with Crippen LogP contribution in [-0.2, 0) is 11.2 Å². The van der Waals surface area contributed by atoms with Crippen LogP contribution in [0.15, 0.2) is 71.9 Å². The fraction of sp³-hybridized carbons (Fsp3) is 0.174. The molecule has 0 radical (unpaired) electrons. The van der Waals surface area contributed by atoms with Gasteiger partial charge in [-0.2, -0.15) is 0 Å². The van der Waals surface area contributed by atoms with Crippen molar-refractivity contribution in [2.24, 2.45) is 0 Å². The lowest BCUT2D eigenvalue weighted by Gasteiger charge is -2.22. The summed E-state index contributed by atoms with van der Waals surface area (Å²) in [5.74, 6) is 1.21. The zero-order chi connectivity index (χ0) is 19.8. The number of hydrogen-bond donors (Lipinski definition) is 1. The number of aromatic nitrogens is 3. The van der Waals surface area contributed by atoms with Crippen LogP contribution in [-0.4, -0.2) is 32.7 Å². The second-order valence-electron chi connectivity index (χ2n) is 7.19. The Labute approximate surface area is 173 Å². The lowest BCUT2D eigenvalue weighted by atomic mass is 10.1. The average Bonchev–Trinajstić information content (AvgIpc) is 3.32. The molecule has 1 amide bonds. The number of fused-ring (bicyclic) bond motifs is 2. The first-order valence-electron chi connectivity index (χ1n) is 9.63. The number of carbonyl (C=O) groups excluding carboxylic acids is 1. The maximum absolute atomic E-state index is 13.0. The van der Waals surface area contributed by atoms with E-state index < -0.39 is 0 Å². The van der Waals surface area contributed by atoms with Gasteiger partial charge in [0.05, 0.1) is 16.8 Å². The number of pyridine rings is 1. The quantitative estimate of drug-likeness (QED) is 0.505. The number of nitrogens with one attached hydrogen (secondary N) is 1. The van der Waals surface area contributed by atoms with Crippen LogP contribution in [0.5, 0.6) is 0 Å². The molecule has 0 saturated heterocycles. The minimum atomic E-state index is 0.105. The van der Waals surface area contributed by atoms with E-state index in [1.807, 2.05) is 59.5 Å². The van der Waals surface area contributed by atoms with E-state index in [1.54, 1.807) is 6.20 Å². The Morgan fingerprint density at radius 3 is 2.86 bits per heavy atom. The number of H-pyrrole nitrogens is 1. The smallest absolute Gasteiger partial charge is 0.237 e. The summed E-state index contributed by atoms with van der Waals surface area (Å²) in [6.07, 6.45) is 2.66. The first-order chi connectivity index (χ1) is 14.2. The molecular formula is C23H20N4OS. The fourth-order valence-electron chi connectivity index (χ4n) is 3.91. The van der Waals surface area contributed by atoms with Crippen molar-refractivity contribution in [3.05, 3.63) is 72.4 Å². The highest BCUT2D eigenvalue weighted by atomic mass is 32.2. The van der Waals surface area contributed by atoms with Crippen LogP contribution in [0, 0.1) is 0 Å². The third kappa shape index (κ3) is 3.29. The molecule has 4 aromatic rings. The lowest BCUT2D eigenvalue weighted by molar-refractivity contribution is -0.116. The van der Waals surface area contributed by atoms with E-state index in [0.717, 1.165) is 39.6 Å². The van der Waals surface area contributed by atoms with Crippen LogP contribution in [0.4, 0.5) is 5.69 Å². The van der Waals surface area contributed by atoms with E-state index in [1.165, 1.54) is 17.3 Å². The number of aromatic amines is 1. The topological polar surface area (TPSA) is 61.9 Å². The number of nitrogens with zero attached hydrogens (tertiary/aromatic N) is 3. The molecule has 29 heavy (non-hydrogen) atoms. The van der Waals surface area contributed by atoms with Crippen molar-refractivity contribution in [1.82, 2.24) is 15.0 Å². The number of thioether (sulfide) groups is 1. The number of hydrogen-bond acceptors (Lipinski definition) is 4. The van der Waals surface area contributed by atoms with Crippen molar-refractivity contribution in [3.63, 3.8) is 0 Å². The van der Waals surface area contributed by atoms with E-state index in [9.17, 15) is 4.79 Å². The molecule has 1 atom stereocenters. The third-order valence-corrected chi connectivity index (χ3v) is 6.21. The standard InChI is InChI=1S/C23H20N4OS/c1-15-13-16-7-2-5-11-20(16)27(15)21(28)14-29-23-17(8-6-12-24-23)22-25-18-9-3-4-10-19(18)26-22/h2-12,15H,13-14H2,1H3,(H,25,26)/t15-/m1/s1. The number of carbonyl (C=O) groups is 1. The monoisotopic (exact) mass is 400 g/mol. The van der Waals surface area contributed by atoms with Crippen molar-refractivity contribution in [3.8, 4) is 11.4 Å². The SMILES string of the molecule is C[C@@H]1Cc2ccccc2N1C(=O)CSc1ncccc1-c1nc2ccccc2[nH]1. The number of imidazole rings is 1. The molecule has 1 aliphatic rings. The fourth-order valence-corrected chi connectivity index (χ4v) is 4.77. The first kappa shape index (κ1) is 17.9. The van der Waals surface area contributed by atoms with Crippen molar-refractivity contribution < 1.29 is 4.79 Å². The Morgan fingerprint density at radius 2 is 1.97 bits per heavy atom. The van der Waals surface area contributed by atoms with Crippen molar-refractivity contribution in [2.75, 3.05) is 10.7 Å². The molecular weight excluding hydrogens is 380 g/mol. The molecule has 144 valence electrons. The molecule has 5 rings (SSSR count). The van der Waals surface area contributed by atoms with Gasteiger partial charge in [-0.15, -0.1) is 0 Å². The van der Waals surface area contributed by atoms with Crippen LogP contribution < -0.4 is 4.90 Å². The maximum Gasteiger partial charge on any atom is 0.237 e. The van der Waals surface area contributed by atoms with Crippen LogP contribution in [0.1, 0.15) is 12.5 Å². The van der Waals surface area contributed by atoms with Crippen LogP contribution >= 0.6 is 11.8 Å². The molecule has 0 aliphatic carbocycles. The highest BCUT2D eigenvalue weighted by Crippen LogP contribution is 2.34. The van der Waals surface area contributed by atoms with Gasteiger partial charge in [-0.1, -0.05) is 42.1 Å². The highest BCUT2D eigenvalue weighted by Gasteiger charge is 2.30. The first-order valence-corrected chi connectivity index (χ1v) is 10.6. The van der Waals surface area contributed by atoms with Gasteiger partial charge in [0.1, 0.15) is 10.9 Å². The highest BCUT2D eigenvalue weighted by molar-refractivity contribution is 8.00. The molecule has 1 N–H and O–H groups in total. The lowest BCUT2D eigenvalue weighted by Crippen LogP contribution is -2.37. The summed E-state index contributed by atoms with van der Waals surface area (Å²) in [5, 5.41) is 0.806. The van der Waals surface area contributed by atoms with Gasteiger partial charge in [0.2, 0.25) is 5.91 Å². The zero-order valence-electron chi connectivity index (χ0n) is 16.0. The van der Waals surface area contributed by atoms with Gasteiger partial charge < -0.3 is 9.88 Å². The van der Waals surface area contributed by atoms with E-state index in [4.69, 9.17) is 0 Å².